The average molecular weight is 241 g/mol. The van der Waals surface area contributed by atoms with Gasteiger partial charge >= 0.3 is 5.97 Å². The monoisotopic (exact) mass is 241 g/mol. The van der Waals surface area contributed by atoms with Gasteiger partial charge in [-0.05, 0) is 19.3 Å². The maximum absolute atomic E-state index is 10.8. The molecule has 0 aliphatic heterocycles. The van der Waals surface area contributed by atoms with Crippen molar-refractivity contribution in [3.63, 3.8) is 0 Å². The van der Waals surface area contributed by atoms with Crippen LogP contribution in [0.25, 0.3) is 0 Å². The Kier molecular flexibility index (Phi) is 4.47. The van der Waals surface area contributed by atoms with Crippen molar-refractivity contribution in [2.75, 3.05) is 0 Å². The Morgan fingerprint density at radius 1 is 1.38 bits per heavy atom. The molecule has 0 fully saturated rings. The van der Waals surface area contributed by atoms with Gasteiger partial charge in [-0.15, -0.1) is 11.3 Å². The van der Waals surface area contributed by atoms with E-state index in [1.54, 1.807) is 18.3 Å². The van der Waals surface area contributed by atoms with Gasteiger partial charge in [0.05, 0.1) is 16.6 Å². The summed E-state index contributed by atoms with van der Waals surface area (Å²) in [4.78, 5) is 16.4. The Labute approximate surface area is 101 Å². The summed E-state index contributed by atoms with van der Waals surface area (Å²) >= 11 is 1.66. The molecule has 0 aromatic carbocycles. The summed E-state index contributed by atoms with van der Waals surface area (Å²) < 4.78 is 0. The zero-order chi connectivity index (χ0) is 12.3. The first-order valence-electron chi connectivity index (χ1n) is 5.58. The standard InChI is InChI=1S/C12H19NO2S/c1-7(2)5-11-13-9(4)10(16-11)6-8(3)12(14)15/h7-8H,5-6H2,1-4H3,(H,14,15). The molecule has 1 unspecified atom stereocenters. The molecule has 1 aromatic heterocycles. The Balaban J connectivity index is 2.74. The Bertz CT molecular complexity index is 371. The topological polar surface area (TPSA) is 50.2 Å². The number of carboxylic acid groups (broad SMARTS) is 1. The van der Waals surface area contributed by atoms with E-state index in [1.165, 1.54) is 0 Å². The molecular formula is C12H19NO2S. The number of nitrogens with zero attached hydrogens (tertiary/aromatic N) is 1. The second-order valence-electron chi connectivity index (χ2n) is 4.66. The number of aliphatic carboxylic acids is 1. The minimum Gasteiger partial charge on any atom is -0.481 e. The lowest BCUT2D eigenvalue weighted by atomic mass is 10.1. The Morgan fingerprint density at radius 2 is 2.00 bits per heavy atom. The van der Waals surface area contributed by atoms with Crippen molar-refractivity contribution in [3.05, 3.63) is 15.6 Å². The molecule has 0 radical (unpaired) electrons. The van der Waals surface area contributed by atoms with Crippen LogP contribution in [0.2, 0.25) is 0 Å². The number of carboxylic acids is 1. The van der Waals surface area contributed by atoms with Gasteiger partial charge in [-0.3, -0.25) is 4.79 Å². The van der Waals surface area contributed by atoms with Crippen LogP contribution in [-0.4, -0.2) is 16.1 Å². The third kappa shape index (κ3) is 3.59. The molecule has 1 atom stereocenters. The molecule has 0 saturated heterocycles. The van der Waals surface area contributed by atoms with Crippen molar-refractivity contribution in [2.24, 2.45) is 11.8 Å². The number of thiazole rings is 1. The third-order valence-electron chi connectivity index (χ3n) is 2.43. The van der Waals surface area contributed by atoms with Crippen LogP contribution in [0.5, 0.6) is 0 Å². The van der Waals surface area contributed by atoms with Gasteiger partial charge in [0.25, 0.3) is 0 Å². The highest BCUT2D eigenvalue weighted by Crippen LogP contribution is 2.23. The minimum atomic E-state index is -0.738. The molecule has 1 heterocycles. The van der Waals surface area contributed by atoms with Gasteiger partial charge in [-0.25, -0.2) is 4.98 Å². The molecule has 1 N–H and O–H groups in total. The van der Waals surface area contributed by atoms with Crippen LogP contribution in [0.4, 0.5) is 0 Å². The fourth-order valence-corrected chi connectivity index (χ4v) is 2.89. The van der Waals surface area contributed by atoms with Gasteiger partial charge in [-0.1, -0.05) is 20.8 Å². The molecule has 16 heavy (non-hydrogen) atoms. The number of rotatable bonds is 5. The number of hydrogen-bond acceptors (Lipinski definition) is 3. The van der Waals surface area contributed by atoms with E-state index in [9.17, 15) is 4.79 Å². The van der Waals surface area contributed by atoms with E-state index in [4.69, 9.17) is 5.11 Å². The van der Waals surface area contributed by atoms with Crippen LogP contribution >= 0.6 is 11.3 Å². The first kappa shape index (κ1) is 13.2. The molecule has 0 aliphatic rings. The van der Waals surface area contributed by atoms with Crippen LogP contribution < -0.4 is 0 Å². The van der Waals surface area contributed by atoms with E-state index < -0.39 is 5.97 Å². The maximum atomic E-state index is 10.8. The van der Waals surface area contributed by atoms with Gasteiger partial charge in [0.1, 0.15) is 0 Å². The van der Waals surface area contributed by atoms with Gasteiger partial charge in [0, 0.05) is 11.3 Å². The largest absolute Gasteiger partial charge is 0.481 e. The molecule has 0 saturated carbocycles. The van der Waals surface area contributed by atoms with Crippen molar-refractivity contribution < 1.29 is 9.90 Å². The molecule has 1 aromatic rings. The number of carbonyl (C=O) groups is 1. The Morgan fingerprint density at radius 3 is 2.50 bits per heavy atom. The summed E-state index contributed by atoms with van der Waals surface area (Å²) in [5.41, 5.74) is 0.994. The van der Waals surface area contributed by atoms with Crippen LogP contribution in [-0.2, 0) is 17.6 Å². The normalized spacial score (nSPS) is 13.1. The predicted molar refractivity (Wildman–Crippen MR) is 65.9 cm³/mol. The van der Waals surface area contributed by atoms with Crippen LogP contribution in [0, 0.1) is 18.8 Å². The zero-order valence-electron chi connectivity index (χ0n) is 10.3. The van der Waals surface area contributed by atoms with E-state index in [1.807, 2.05) is 6.92 Å². The van der Waals surface area contributed by atoms with Gasteiger partial charge in [-0.2, -0.15) is 0 Å². The van der Waals surface area contributed by atoms with Crippen LogP contribution in [0.1, 0.15) is 36.3 Å². The van der Waals surface area contributed by atoms with Gasteiger partial charge in [0.2, 0.25) is 0 Å². The highest BCUT2D eigenvalue weighted by atomic mass is 32.1. The fourth-order valence-electron chi connectivity index (χ4n) is 1.48. The molecule has 1 rings (SSSR count). The van der Waals surface area contributed by atoms with Crippen LogP contribution in [0.15, 0.2) is 0 Å². The zero-order valence-corrected chi connectivity index (χ0v) is 11.1. The van der Waals surface area contributed by atoms with Gasteiger partial charge < -0.3 is 5.11 Å². The maximum Gasteiger partial charge on any atom is 0.306 e. The van der Waals surface area contributed by atoms with Crippen molar-refractivity contribution in [1.29, 1.82) is 0 Å². The summed E-state index contributed by atoms with van der Waals surface area (Å²) in [7, 11) is 0. The van der Waals surface area contributed by atoms with Crippen LogP contribution in [0.3, 0.4) is 0 Å². The van der Waals surface area contributed by atoms with Crippen molar-refractivity contribution in [1.82, 2.24) is 4.98 Å². The first-order valence-corrected chi connectivity index (χ1v) is 6.39. The Hall–Kier alpha value is -0.900. The predicted octanol–water partition coefficient (Wildman–Crippen LogP) is 2.91. The number of aryl methyl sites for hydroxylation is 1. The second kappa shape index (κ2) is 5.43. The van der Waals surface area contributed by atoms with Crippen molar-refractivity contribution in [3.8, 4) is 0 Å². The van der Waals surface area contributed by atoms with Crippen molar-refractivity contribution >= 4 is 17.3 Å². The summed E-state index contributed by atoms with van der Waals surface area (Å²) in [5.74, 6) is -0.473. The average Bonchev–Trinajstić information content (AvgIpc) is 2.45. The smallest absolute Gasteiger partial charge is 0.306 e. The summed E-state index contributed by atoms with van der Waals surface area (Å²) in [6, 6.07) is 0. The molecule has 3 nitrogen and oxygen atoms in total. The van der Waals surface area contributed by atoms with E-state index in [0.29, 0.717) is 12.3 Å². The van der Waals surface area contributed by atoms with E-state index in [0.717, 1.165) is 22.0 Å². The lowest BCUT2D eigenvalue weighted by Crippen LogP contribution is -2.11. The van der Waals surface area contributed by atoms with Gasteiger partial charge in [0.15, 0.2) is 0 Å². The molecule has 0 spiro atoms. The highest BCUT2D eigenvalue weighted by molar-refractivity contribution is 7.11. The summed E-state index contributed by atoms with van der Waals surface area (Å²) in [6.07, 6.45) is 1.57. The molecule has 90 valence electrons. The van der Waals surface area contributed by atoms with E-state index in [2.05, 4.69) is 18.8 Å². The minimum absolute atomic E-state index is 0.328. The highest BCUT2D eigenvalue weighted by Gasteiger charge is 2.16. The number of hydrogen-bond donors (Lipinski definition) is 1. The second-order valence-corrected chi connectivity index (χ2v) is 5.83. The SMILES string of the molecule is Cc1nc(CC(C)C)sc1CC(C)C(=O)O. The molecule has 0 aliphatic carbocycles. The van der Waals surface area contributed by atoms with E-state index in [-0.39, 0.29) is 5.92 Å². The summed E-state index contributed by atoms with van der Waals surface area (Å²) in [6.45, 7) is 8.03. The quantitative estimate of drug-likeness (QED) is 0.862. The third-order valence-corrected chi connectivity index (χ3v) is 3.64. The number of aromatic nitrogens is 1. The molecule has 0 amide bonds. The lowest BCUT2D eigenvalue weighted by molar-refractivity contribution is -0.141. The fraction of sp³-hybridized carbons (Fsp3) is 0.667. The molecule has 0 bridgehead atoms. The molecule has 4 heteroatoms. The first-order chi connectivity index (χ1) is 7.40. The molecular weight excluding hydrogens is 222 g/mol. The summed E-state index contributed by atoms with van der Waals surface area (Å²) in [5, 5.41) is 10.00. The van der Waals surface area contributed by atoms with E-state index >= 15 is 0 Å². The lowest BCUT2D eigenvalue weighted by Gasteiger charge is -2.03. The van der Waals surface area contributed by atoms with Crippen molar-refractivity contribution in [2.45, 2.75) is 40.5 Å².